The third-order valence-corrected chi connectivity index (χ3v) is 5.87. The van der Waals surface area contributed by atoms with Crippen LogP contribution in [0.15, 0.2) is 71.7 Å². The Morgan fingerprint density at radius 1 is 0.909 bits per heavy atom. The van der Waals surface area contributed by atoms with Crippen LogP contribution in [0.5, 0.6) is 0 Å². The number of unbranched alkanes of at least 4 members (excludes halogenated alkanes) is 2. The van der Waals surface area contributed by atoms with Crippen LogP contribution in [-0.4, -0.2) is 35.0 Å². The Hall–Kier alpha value is -4.07. The van der Waals surface area contributed by atoms with E-state index < -0.39 is 0 Å². The zero-order chi connectivity index (χ0) is 22.6. The number of pyridine rings is 1. The van der Waals surface area contributed by atoms with E-state index in [0.717, 1.165) is 47.2 Å². The fraction of sp³-hybridized carbons (Fsp3) is 0.240. The number of nitrogens with zero attached hydrogens (tertiary/aromatic N) is 6. The van der Waals surface area contributed by atoms with E-state index in [0.29, 0.717) is 24.3 Å². The second kappa shape index (κ2) is 9.20. The van der Waals surface area contributed by atoms with E-state index in [1.165, 1.54) is 0 Å². The van der Waals surface area contributed by atoms with Gasteiger partial charge in [0.25, 0.3) is 5.56 Å². The van der Waals surface area contributed by atoms with Crippen molar-refractivity contribution in [3.8, 4) is 22.5 Å². The van der Waals surface area contributed by atoms with Gasteiger partial charge in [-0.2, -0.15) is 5.21 Å². The van der Waals surface area contributed by atoms with Crippen molar-refractivity contribution in [1.82, 2.24) is 35.0 Å². The molecule has 0 amide bonds. The highest BCUT2D eigenvalue weighted by atomic mass is 16.1. The van der Waals surface area contributed by atoms with Gasteiger partial charge in [0.05, 0.1) is 11.9 Å². The van der Waals surface area contributed by atoms with Gasteiger partial charge in [0, 0.05) is 18.3 Å². The lowest BCUT2D eigenvalue weighted by Gasteiger charge is -2.13. The first kappa shape index (κ1) is 20.8. The maximum Gasteiger partial charge on any atom is 0.276 e. The maximum atomic E-state index is 13.0. The van der Waals surface area contributed by atoms with Crippen LogP contribution < -0.4 is 5.56 Å². The Bertz CT molecular complexity index is 1420. The summed E-state index contributed by atoms with van der Waals surface area (Å²) in [6, 6.07) is 20.0. The summed E-state index contributed by atoms with van der Waals surface area (Å²) in [5.41, 5.74) is 4.88. The quantitative estimate of drug-likeness (QED) is 0.364. The number of benzene rings is 2. The molecule has 0 aliphatic carbocycles. The molecule has 0 bridgehead atoms. The molecule has 0 radical (unpaired) electrons. The predicted octanol–water partition coefficient (Wildman–Crippen LogP) is 4.28. The molecule has 0 atom stereocenters. The van der Waals surface area contributed by atoms with Crippen LogP contribution in [-0.2, 0) is 13.1 Å². The molecular weight excluding hydrogens is 414 g/mol. The predicted molar refractivity (Wildman–Crippen MR) is 128 cm³/mol. The summed E-state index contributed by atoms with van der Waals surface area (Å²) in [5.74, 6) is 0.565. The molecule has 8 nitrogen and oxygen atoms in total. The fourth-order valence-corrected chi connectivity index (χ4v) is 4.20. The van der Waals surface area contributed by atoms with E-state index >= 15 is 0 Å². The molecule has 166 valence electrons. The maximum absolute atomic E-state index is 13.0. The standard InChI is InChI=1S/C25H25N7O/c1-2-3-6-16-31-25(33)22-10-7-15-26-24(22)32(31)17-18-11-13-19(14-12-18)20-8-4-5-9-21(20)23-27-29-30-28-23/h4-5,7-15H,2-3,6,16-17H2,1H3,(H,27,28,29,30). The summed E-state index contributed by atoms with van der Waals surface area (Å²) >= 11 is 0. The normalized spacial score (nSPS) is 11.3. The highest BCUT2D eigenvalue weighted by Gasteiger charge is 2.15. The van der Waals surface area contributed by atoms with Gasteiger partial charge in [0.2, 0.25) is 5.82 Å². The van der Waals surface area contributed by atoms with Gasteiger partial charge in [-0.25, -0.2) is 9.67 Å². The summed E-state index contributed by atoms with van der Waals surface area (Å²) in [4.78, 5) is 17.5. The molecule has 0 aliphatic rings. The molecule has 0 unspecified atom stereocenters. The minimum atomic E-state index is 0.0277. The average Bonchev–Trinajstić information content (AvgIpc) is 3.48. The van der Waals surface area contributed by atoms with Gasteiger partial charge in [-0.1, -0.05) is 68.3 Å². The number of aromatic nitrogens is 7. The second-order valence-corrected chi connectivity index (χ2v) is 8.05. The topological polar surface area (TPSA) is 94.3 Å². The van der Waals surface area contributed by atoms with Crippen molar-refractivity contribution in [2.45, 2.75) is 39.3 Å². The van der Waals surface area contributed by atoms with Crippen LogP contribution in [0.2, 0.25) is 0 Å². The molecule has 0 saturated carbocycles. The van der Waals surface area contributed by atoms with E-state index in [1.807, 2.05) is 39.7 Å². The van der Waals surface area contributed by atoms with Crippen molar-refractivity contribution in [2.75, 3.05) is 0 Å². The monoisotopic (exact) mass is 439 g/mol. The van der Waals surface area contributed by atoms with Crippen molar-refractivity contribution >= 4 is 11.0 Å². The Morgan fingerprint density at radius 2 is 1.73 bits per heavy atom. The lowest BCUT2D eigenvalue weighted by Crippen LogP contribution is -2.23. The molecule has 0 spiro atoms. The van der Waals surface area contributed by atoms with Gasteiger partial charge in [-0.15, -0.1) is 10.2 Å². The van der Waals surface area contributed by atoms with Gasteiger partial charge in [0.15, 0.2) is 5.65 Å². The van der Waals surface area contributed by atoms with Gasteiger partial charge >= 0.3 is 0 Å². The zero-order valence-corrected chi connectivity index (χ0v) is 18.5. The van der Waals surface area contributed by atoms with Crippen molar-refractivity contribution in [2.24, 2.45) is 0 Å². The number of rotatable bonds is 8. The van der Waals surface area contributed by atoms with E-state index in [4.69, 9.17) is 0 Å². The summed E-state index contributed by atoms with van der Waals surface area (Å²) in [6.07, 6.45) is 4.92. The lowest BCUT2D eigenvalue weighted by molar-refractivity contribution is 0.454. The molecule has 8 heteroatoms. The van der Waals surface area contributed by atoms with Crippen LogP contribution in [0.1, 0.15) is 31.7 Å². The molecule has 2 aromatic carbocycles. The average molecular weight is 440 g/mol. The minimum Gasteiger partial charge on any atom is -0.267 e. The molecular formula is C25H25N7O. The first-order valence-electron chi connectivity index (χ1n) is 11.2. The number of H-pyrrole nitrogens is 1. The van der Waals surface area contributed by atoms with Crippen LogP contribution in [0.3, 0.4) is 0 Å². The Labute approximate surface area is 190 Å². The SMILES string of the molecule is CCCCCn1c(=O)c2cccnc2n1Cc1ccc(-c2ccccc2-c2nn[nH]n2)cc1. The number of aromatic amines is 1. The Balaban J connectivity index is 1.48. The summed E-state index contributed by atoms with van der Waals surface area (Å²) in [5, 5.41) is 15.1. The lowest BCUT2D eigenvalue weighted by atomic mass is 9.98. The first-order chi connectivity index (χ1) is 16.3. The third kappa shape index (κ3) is 4.07. The second-order valence-electron chi connectivity index (χ2n) is 8.05. The summed E-state index contributed by atoms with van der Waals surface area (Å²) in [6.45, 7) is 3.44. The zero-order valence-electron chi connectivity index (χ0n) is 18.5. The summed E-state index contributed by atoms with van der Waals surface area (Å²) in [7, 11) is 0. The van der Waals surface area contributed by atoms with Gasteiger partial charge < -0.3 is 0 Å². The molecule has 33 heavy (non-hydrogen) atoms. The molecule has 3 aromatic heterocycles. The highest BCUT2D eigenvalue weighted by Crippen LogP contribution is 2.29. The van der Waals surface area contributed by atoms with Crippen molar-refractivity contribution in [1.29, 1.82) is 0 Å². The van der Waals surface area contributed by atoms with Crippen LogP contribution in [0.4, 0.5) is 0 Å². The van der Waals surface area contributed by atoms with Crippen LogP contribution in [0, 0.1) is 0 Å². The van der Waals surface area contributed by atoms with E-state index in [9.17, 15) is 4.79 Å². The smallest absolute Gasteiger partial charge is 0.267 e. The minimum absolute atomic E-state index is 0.0277. The van der Waals surface area contributed by atoms with E-state index in [2.05, 4.69) is 62.9 Å². The summed E-state index contributed by atoms with van der Waals surface area (Å²) < 4.78 is 3.85. The highest BCUT2D eigenvalue weighted by molar-refractivity contribution is 5.80. The van der Waals surface area contributed by atoms with Gasteiger partial charge in [-0.05, 0) is 40.5 Å². The number of nitrogens with one attached hydrogen (secondary N) is 1. The van der Waals surface area contributed by atoms with Gasteiger partial charge in [-0.3, -0.25) is 9.48 Å². The van der Waals surface area contributed by atoms with E-state index in [-0.39, 0.29) is 5.56 Å². The van der Waals surface area contributed by atoms with Crippen molar-refractivity contribution in [3.05, 3.63) is 82.8 Å². The van der Waals surface area contributed by atoms with Crippen LogP contribution >= 0.6 is 0 Å². The molecule has 0 aliphatic heterocycles. The Kier molecular flexibility index (Phi) is 5.80. The molecule has 1 N–H and O–H groups in total. The third-order valence-electron chi connectivity index (χ3n) is 5.87. The molecule has 3 heterocycles. The van der Waals surface area contributed by atoms with E-state index in [1.54, 1.807) is 6.20 Å². The number of fused-ring (bicyclic) bond motifs is 1. The molecule has 0 saturated heterocycles. The van der Waals surface area contributed by atoms with Crippen LogP contribution in [0.25, 0.3) is 33.5 Å². The van der Waals surface area contributed by atoms with Gasteiger partial charge in [0.1, 0.15) is 0 Å². The number of tetrazole rings is 1. The van der Waals surface area contributed by atoms with Crippen molar-refractivity contribution < 1.29 is 0 Å². The molecule has 5 rings (SSSR count). The van der Waals surface area contributed by atoms with Crippen molar-refractivity contribution in [3.63, 3.8) is 0 Å². The number of hydrogen-bond acceptors (Lipinski definition) is 5. The molecule has 0 fully saturated rings. The fourth-order valence-electron chi connectivity index (χ4n) is 4.20. The first-order valence-corrected chi connectivity index (χ1v) is 11.2. The Morgan fingerprint density at radius 3 is 2.48 bits per heavy atom. The molecule has 5 aromatic rings. The largest absolute Gasteiger partial charge is 0.276 e. The number of hydrogen-bond donors (Lipinski definition) is 1.